The zero-order chi connectivity index (χ0) is 23.4. The molecule has 4 rings (SSSR count). The minimum Gasteiger partial charge on any atom is -0.492 e. The molecule has 0 heterocycles. The second kappa shape index (κ2) is 9.67. The summed E-state index contributed by atoms with van der Waals surface area (Å²) < 4.78 is 32.1. The molecule has 0 atom stereocenters. The maximum absolute atomic E-state index is 12.7. The summed E-state index contributed by atoms with van der Waals surface area (Å²) in [5.41, 5.74) is 5.08. The van der Waals surface area contributed by atoms with Crippen molar-refractivity contribution in [3.05, 3.63) is 89.0 Å². The lowest BCUT2D eigenvalue weighted by Gasteiger charge is -2.23. The van der Waals surface area contributed by atoms with E-state index < -0.39 is 10.0 Å². The zero-order valence-corrected chi connectivity index (χ0v) is 19.7. The van der Waals surface area contributed by atoms with Crippen molar-refractivity contribution in [3.8, 4) is 5.75 Å². The van der Waals surface area contributed by atoms with E-state index in [1.165, 1.54) is 21.7 Å². The van der Waals surface area contributed by atoms with Crippen LogP contribution in [-0.4, -0.2) is 27.2 Å². The molecule has 7 heteroatoms. The highest BCUT2D eigenvalue weighted by Gasteiger charge is 2.21. The second-order valence-corrected chi connectivity index (χ2v) is 10.1. The number of fused-ring (bicyclic) bond motifs is 1. The molecular formula is C26H28N2O4S. The lowest BCUT2D eigenvalue weighted by atomic mass is 10.1. The molecule has 1 aliphatic carbocycles. The maximum atomic E-state index is 12.7. The van der Waals surface area contributed by atoms with E-state index in [4.69, 9.17) is 4.74 Å². The highest BCUT2D eigenvalue weighted by molar-refractivity contribution is 7.92. The van der Waals surface area contributed by atoms with Crippen molar-refractivity contribution in [3.63, 3.8) is 0 Å². The standard InChI is InChI=1S/C26H28N2O4S/c1-3-32-25-10-5-4-9-24(25)27-26(29)21-13-11-19(12-14-21)18-28(33(2,30)31)23-16-15-20-7-6-8-22(20)17-23/h4-5,9-17H,3,6-8,18H2,1-2H3,(H,27,29). The fourth-order valence-electron chi connectivity index (χ4n) is 4.09. The topological polar surface area (TPSA) is 75.7 Å². The van der Waals surface area contributed by atoms with Gasteiger partial charge in [-0.3, -0.25) is 9.10 Å². The number of ether oxygens (including phenoxy) is 1. The number of rotatable bonds is 8. The van der Waals surface area contributed by atoms with Crippen LogP contribution in [0, 0.1) is 0 Å². The van der Waals surface area contributed by atoms with E-state index >= 15 is 0 Å². The van der Waals surface area contributed by atoms with Crippen molar-refractivity contribution >= 4 is 27.3 Å². The smallest absolute Gasteiger partial charge is 0.255 e. The molecule has 3 aromatic rings. The summed E-state index contributed by atoms with van der Waals surface area (Å²) in [4.78, 5) is 12.7. The normalized spacial score (nSPS) is 12.8. The van der Waals surface area contributed by atoms with Crippen LogP contribution < -0.4 is 14.4 Å². The predicted molar refractivity (Wildman–Crippen MR) is 132 cm³/mol. The van der Waals surface area contributed by atoms with Gasteiger partial charge in [-0.15, -0.1) is 0 Å². The lowest BCUT2D eigenvalue weighted by Crippen LogP contribution is -2.29. The molecular weight excluding hydrogens is 436 g/mol. The fraction of sp³-hybridized carbons (Fsp3) is 0.269. The van der Waals surface area contributed by atoms with Crippen molar-refractivity contribution in [2.24, 2.45) is 0 Å². The molecule has 1 aliphatic rings. The van der Waals surface area contributed by atoms with Gasteiger partial charge in [-0.2, -0.15) is 0 Å². The molecule has 33 heavy (non-hydrogen) atoms. The van der Waals surface area contributed by atoms with Crippen LogP contribution in [0.4, 0.5) is 11.4 Å². The van der Waals surface area contributed by atoms with Crippen LogP contribution in [0.3, 0.4) is 0 Å². The first-order valence-electron chi connectivity index (χ1n) is 11.1. The Labute approximate surface area is 195 Å². The van der Waals surface area contributed by atoms with Crippen LogP contribution in [0.15, 0.2) is 66.7 Å². The first kappa shape index (κ1) is 22.9. The number of nitrogens with zero attached hydrogens (tertiary/aromatic N) is 1. The van der Waals surface area contributed by atoms with Crippen molar-refractivity contribution < 1.29 is 17.9 Å². The number of carbonyl (C=O) groups excluding carboxylic acids is 1. The van der Waals surface area contributed by atoms with Crippen LogP contribution in [0.2, 0.25) is 0 Å². The summed E-state index contributed by atoms with van der Waals surface area (Å²) in [5, 5.41) is 2.88. The number of aryl methyl sites for hydroxylation is 2. The number of para-hydroxylation sites is 2. The van der Waals surface area contributed by atoms with Gasteiger partial charge in [0.25, 0.3) is 5.91 Å². The van der Waals surface area contributed by atoms with Gasteiger partial charge in [0, 0.05) is 5.56 Å². The number of hydrogen-bond donors (Lipinski definition) is 1. The predicted octanol–water partition coefficient (Wildman–Crippen LogP) is 4.79. The Morgan fingerprint density at radius 2 is 1.73 bits per heavy atom. The van der Waals surface area contributed by atoms with Gasteiger partial charge >= 0.3 is 0 Å². The average Bonchev–Trinajstić information content (AvgIpc) is 3.26. The summed E-state index contributed by atoms with van der Waals surface area (Å²) >= 11 is 0. The van der Waals surface area contributed by atoms with Gasteiger partial charge in [-0.25, -0.2) is 8.42 Å². The molecule has 0 spiro atoms. The molecule has 0 saturated heterocycles. The molecule has 0 aliphatic heterocycles. The van der Waals surface area contributed by atoms with Crippen LogP contribution in [-0.2, 0) is 29.4 Å². The Hall–Kier alpha value is -3.32. The van der Waals surface area contributed by atoms with Crippen molar-refractivity contribution in [2.75, 3.05) is 22.5 Å². The number of carbonyl (C=O) groups is 1. The molecule has 0 aromatic heterocycles. The molecule has 0 fully saturated rings. The molecule has 6 nitrogen and oxygen atoms in total. The molecule has 1 N–H and O–H groups in total. The molecule has 0 saturated carbocycles. The van der Waals surface area contributed by atoms with E-state index in [0.717, 1.165) is 24.8 Å². The summed E-state index contributed by atoms with van der Waals surface area (Å²) in [5.74, 6) is 0.357. The van der Waals surface area contributed by atoms with Crippen LogP contribution in [0.1, 0.15) is 40.4 Å². The third-order valence-corrected chi connectivity index (χ3v) is 6.89. The Balaban J connectivity index is 1.50. The summed E-state index contributed by atoms with van der Waals surface area (Å²) in [6, 6.07) is 20.2. The average molecular weight is 465 g/mol. The monoisotopic (exact) mass is 464 g/mol. The third kappa shape index (κ3) is 5.37. The quantitative estimate of drug-likeness (QED) is 0.520. The van der Waals surface area contributed by atoms with E-state index in [2.05, 4.69) is 5.32 Å². The minimum atomic E-state index is -3.47. The molecule has 0 unspecified atom stereocenters. The van der Waals surface area contributed by atoms with E-state index in [9.17, 15) is 13.2 Å². The number of nitrogens with one attached hydrogen (secondary N) is 1. The third-order valence-electron chi connectivity index (χ3n) is 5.75. The van der Waals surface area contributed by atoms with Gasteiger partial charge in [0.2, 0.25) is 10.0 Å². The van der Waals surface area contributed by atoms with Crippen molar-refractivity contribution in [1.29, 1.82) is 0 Å². The molecule has 1 amide bonds. The Kier molecular flexibility index (Phi) is 6.70. The van der Waals surface area contributed by atoms with Crippen LogP contribution >= 0.6 is 0 Å². The van der Waals surface area contributed by atoms with Gasteiger partial charge in [0.1, 0.15) is 5.75 Å². The Bertz CT molecular complexity index is 1250. The van der Waals surface area contributed by atoms with Crippen molar-refractivity contribution in [2.45, 2.75) is 32.7 Å². The van der Waals surface area contributed by atoms with Gasteiger partial charge in [-0.05, 0) is 79.3 Å². The Morgan fingerprint density at radius 3 is 2.45 bits per heavy atom. The minimum absolute atomic E-state index is 0.201. The maximum Gasteiger partial charge on any atom is 0.255 e. The second-order valence-electron chi connectivity index (χ2n) is 8.16. The van der Waals surface area contributed by atoms with E-state index in [0.29, 0.717) is 29.3 Å². The highest BCUT2D eigenvalue weighted by atomic mass is 32.2. The summed E-state index contributed by atoms with van der Waals surface area (Å²) in [6.45, 7) is 2.59. The molecule has 172 valence electrons. The van der Waals surface area contributed by atoms with E-state index in [1.54, 1.807) is 36.4 Å². The van der Waals surface area contributed by atoms with Gasteiger partial charge in [0.15, 0.2) is 0 Å². The summed E-state index contributed by atoms with van der Waals surface area (Å²) in [7, 11) is -3.47. The highest BCUT2D eigenvalue weighted by Crippen LogP contribution is 2.29. The number of benzene rings is 3. The van der Waals surface area contributed by atoms with Crippen LogP contribution in [0.5, 0.6) is 5.75 Å². The van der Waals surface area contributed by atoms with E-state index in [1.807, 2.05) is 37.3 Å². The van der Waals surface area contributed by atoms with Gasteiger partial charge < -0.3 is 10.1 Å². The van der Waals surface area contributed by atoms with Crippen LogP contribution in [0.25, 0.3) is 0 Å². The molecule has 0 bridgehead atoms. The molecule has 3 aromatic carbocycles. The summed E-state index contributed by atoms with van der Waals surface area (Å²) in [6.07, 6.45) is 4.36. The zero-order valence-electron chi connectivity index (χ0n) is 18.9. The number of amides is 1. The first-order chi connectivity index (χ1) is 15.8. The molecule has 0 radical (unpaired) electrons. The SMILES string of the molecule is CCOc1ccccc1NC(=O)c1ccc(CN(c2ccc3c(c2)CCC3)S(C)(=O)=O)cc1. The Morgan fingerprint density at radius 1 is 1.00 bits per heavy atom. The van der Waals surface area contributed by atoms with Gasteiger partial charge in [-0.1, -0.05) is 30.3 Å². The first-order valence-corrected chi connectivity index (χ1v) is 12.9. The lowest BCUT2D eigenvalue weighted by molar-refractivity contribution is 0.102. The van der Waals surface area contributed by atoms with Crippen molar-refractivity contribution in [1.82, 2.24) is 0 Å². The van der Waals surface area contributed by atoms with E-state index in [-0.39, 0.29) is 12.5 Å². The number of hydrogen-bond acceptors (Lipinski definition) is 4. The fourth-order valence-corrected chi connectivity index (χ4v) is 4.97. The van der Waals surface area contributed by atoms with Gasteiger partial charge in [0.05, 0.1) is 30.8 Å². The largest absolute Gasteiger partial charge is 0.492 e. The number of anilines is 2. The number of sulfonamides is 1.